The summed E-state index contributed by atoms with van der Waals surface area (Å²) >= 11 is 6.14. The molecule has 0 amide bonds. The molecule has 3 N–H and O–H groups in total. The monoisotopic (exact) mass is 430 g/mol. The zero-order chi connectivity index (χ0) is 21.7. The number of carbonyl (C=O) groups is 1. The second-order valence-corrected chi connectivity index (χ2v) is 7.57. The summed E-state index contributed by atoms with van der Waals surface area (Å²) in [7, 11) is 1.34. The van der Waals surface area contributed by atoms with Crippen molar-refractivity contribution in [3.63, 3.8) is 0 Å². The molecule has 1 aliphatic heterocycles. The van der Waals surface area contributed by atoms with Gasteiger partial charge in [0.15, 0.2) is 0 Å². The van der Waals surface area contributed by atoms with Gasteiger partial charge in [-0.15, -0.1) is 0 Å². The summed E-state index contributed by atoms with van der Waals surface area (Å²) in [6, 6.07) is 12.9. The quantitative estimate of drug-likeness (QED) is 0.460. The number of nitrogens with one attached hydrogen (secondary N) is 2. The number of aliphatic hydroxyl groups is 1. The van der Waals surface area contributed by atoms with Crippen LogP contribution in [-0.2, 0) is 11.2 Å². The largest absolute Gasteiger partial charge is 0.465 e. The first-order valence-electron chi connectivity index (χ1n) is 9.57. The van der Waals surface area contributed by atoms with Crippen molar-refractivity contribution in [1.29, 1.82) is 0 Å². The number of halogens is 2. The number of esters is 1. The van der Waals surface area contributed by atoms with Crippen LogP contribution >= 0.6 is 11.6 Å². The summed E-state index contributed by atoms with van der Waals surface area (Å²) in [5.74, 6) is -0.702. The summed E-state index contributed by atoms with van der Waals surface area (Å²) in [5, 5.41) is 17.6. The van der Waals surface area contributed by atoms with Crippen LogP contribution in [0.5, 0.6) is 0 Å². The number of allylic oxidation sites excluding steroid dienone is 2. The van der Waals surface area contributed by atoms with Crippen molar-refractivity contribution in [1.82, 2.24) is 10.6 Å². The van der Waals surface area contributed by atoms with Crippen LogP contribution in [0.25, 0.3) is 0 Å². The topological polar surface area (TPSA) is 70.6 Å². The molecule has 2 unspecified atom stereocenters. The normalized spacial score (nSPS) is 18.0. The van der Waals surface area contributed by atoms with Gasteiger partial charge >= 0.3 is 5.97 Å². The second-order valence-electron chi connectivity index (χ2n) is 7.13. The SMILES string of the molecule is COC(=O)c1ccc([C@H](C)NC(O)C2=CC(Cl)=CNC2Cc2cccc(F)c2)cc1. The maximum Gasteiger partial charge on any atom is 0.337 e. The fraction of sp³-hybridized carbons (Fsp3) is 0.261. The Morgan fingerprint density at radius 2 is 2.03 bits per heavy atom. The van der Waals surface area contributed by atoms with Gasteiger partial charge in [-0.1, -0.05) is 35.9 Å². The number of benzene rings is 2. The van der Waals surface area contributed by atoms with Crippen LogP contribution in [0.15, 0.2) is 71.4 Å². The summed E-state index contributed by atoms with van der Waals surface area (Å²) < 4.78 is 18.2. The number of aliphatic hydroxyl groups excluding tert-OH is 1. The Balaban J connectivity index is 1.71. The van der Waals surface area contributed by atoms with Crippen LogP contribution in [0.1, 0.15) is 34.5 Å². The molecular weight excluding hydrogens is 407 g/mol. The van der Waals surface area contributed by atoms with E-state index in [4.69, 9.17) is 16.3 Å². The smallest absolute Gasteiger partial charge is 0.337 e. The van der Waals surface area contributed by atoms with Gasteiger partial charge < -0.3 is 15.2 Å². The maximum absolute atomic E-state index is 13.5. The zero-order valence-corrected chi connectivity index (χ0v) is 17.5. The third-order valence-electron chi connectivity index (χ3n) is 5.01. The lowest BCUT2D eigenvalue weighted by Gasteiger charge is -2.30. The molecule has 3 rings (SSSR count). The van der Waals surface area contributed by atoms with Gasteiger partial charge in [-0.3, -0.25) is 5.32 Å². The Morgan fingerprint density at radius 1 is 1.30 bits per heavy atom. The van der Waals surface area contributed by atoms with Crippen molar-refractivity contribution in [2.75, 3.05) is 7.11 Å². The predicted octanol–water partition coefficient (Wildman–Crippen LogP) is 3.80. The van der Waals surface area contributed by atoms with Crippen molar-refractivity contribution in [2.24, 2.45) is 0 Å². The van der Waals surface area contributed by atoms with Gasteiger partial charge in [0.1, 0.15) is 12.0 Å². The lowest BCUT2D eigenvalue weighted by Crippen LogP contribution is -2.43. The molecule has 7 heteroatoms. The van der Waals surface area contributed by atoms with Crippen molar-refractivity contribution >= 4 is 17.6 Å². The molecule has 0 bridgehead atoms. The van der Waals surface area contributed by atoms with Gasteiger partial charge in [0.05, 0.1) is 23.7 Å². The lowest BCUT2D eigenvalue weighted by molar-refractivity contribution is 0.0600. The molecule has 0 radical (unpaired) electrons. The molecule has 30 heavy (non-hydrogen) atoms. The Labute approximate surface area is 180 Å². The van der Waals surface area contributed by atoms with Gasteiger partial charge in [0.25, 0.3) is 0 Å². The van der Waals surface area contributed by atoms with Crippen LogP contribution in [0.4, 0.5) is 4.39 Å². The van der Waals surface area contributed by atoms with Crippen molar-refractivity contribution in [3.05, 3.63) is 93.9 Å². The molecule has 2 aromatic rings. The van der Waals surface area contributed by atoms with E-state index in [-0.39, 0.29) is 17.9 Å². The van der Waals surface area contributed by atoms with E-state index in [1.54, 1.807) is 42.6 Å². The highest BCUT2D eigenvalue weighted by molar-refractivity contribution is 6.31. The van der Waals surface area contributed by atoms with Crippen LogP contribution < -0.4 is 10.6 Å². The summed E-state index contributed by atoms with van der Waals surface area (Å²) in [4.78, 5) is 11.6. The minimum absolute atomic E-state index is 0.202. The van der Waals surface area contributed by atoms with Gasteiger partial charge in [0.2, 0.25) is 0 Å². The van der Waals surface area contributed by atoms with Gasteiger partial charge in [0, 0.05) is 12.2 Å². The number of ether oxygens (including phenoxy) is 1. The first-order valence-corrected chi connectivity index (χ1v) is 9.95. The predicted molar refractivity (Wildman–Crippen MR) is 114 cm³/mol. The van der Waals surface area contributed by atoms with E-state index in [0.717, 1.165) is 11.1 Å². The van der Waals surface area contributed by atoms with E-state index >= 15 is 0 Å². The van der Waals surface area contributed by atoms with Crippen LogP contribution in [0, 0.1) is 5.82 Å². The van der Waals surface area contributed by atoms with E-state index < -0.39 is 12.2 Å². The van der Waals surface area contributed by atoms with Crippen LogP contribution in [0.2, 0.25) is 0 Å². The molecule has 158 valence electrons. The molecule has 5 nitrogen and oxygen atoms in total. The average molecular weight is 431 g/mol. The summed E-state index contributed by atoms with van der Waals surface area (Å²) in [6.45, 7) is 1.91. The molecule has 0 fully saturated rings. The Kier molecular flexibility index (Phi) is 7.26. The Morgan fingerprint density at radius 3 is 2.70 bits per heavy atom. The molecule has 1 aliphatic rings. The molecule has 0 aromatic heterocycles. The maximum atomic E-state index is 13.5. The average Bonchev–Trinajstić information content (AvgIpc) is 2.74. The van der Waals surface area contributed by atoms with Gasteiger partial charge in [-0.25, -0.2) is 9.18 Å². The fourth-order valence-electron chi connectivity index (χ4n) is 3.38. The van der Waals surface area contributed by atoms with E-state index in [0.29, 0.717) is 22.6 Å². The van der Waals surface area contributed by atoms with Crippen molar-refractivity contribution in [2.45, 2.75) is 31.7 Å². The molecule has 3 atom stereocenters. The highest BCUT2D eigenvalue weighted by atomic mass is 35.5. The minimum atomic E-state index is -0.978. The fourth-order valence-corrected chi connectivity index (χ4v) is 3.57. The van der Waals surface area contributed by atoms with Crippen molar-refractivity contribution in [3.8, 4) is 0 Å². The second kappa shape index (κ2) is 9.89. The van der Waals surface area contributed by atoms with Gasteiger partial charge in [-0.2, -0.15) is 0 Å². The Bertz CT molecular complexity index is 959. The summed E-state index contributed by atoms with van der Waals surface area (Å²) in [6.07, 6.45) is 2.89. The first-order chi connectivity index (χ1) is 14.4. The van der Waals surface area contributed by atoms with E-state index in [9.17, 15) is 14.3 Å². The third kappa shape index (κ3) is 5.48. The Hall–Kier alpha value is -2.67. The number of rotatable bonds is 7. The first kappa shape index (κ1) is 22.0. The number of dihydropyridines is 1. The number of hydrogen-bond acceptors (Lipinski definition) is 5. The molecule has 0 aliphatic carbocycles. The number of hydrogen-bond donors (Lipinski definition) is 3. The molecule has 1 heterocycles. The molecule has 2 aromatic carbocycles. The summed E-state index contributed by atoms with van der Waals surface area (Å²) in [5.41, 5.74) is 2.82. The minimum Gasteiger partial charge on any atom is -0.465 e. The van der Waals surface area contributed by atoms with Crippen molar-refractivity contribution < 1.29 is 19.0 Å². The standard InChI is InChI=1S/C23H24ClFN2O3/c1-14(16-6-8-17(9-7-16)23(29)30-2)27-22(28)20-12-18(24)13-26-21(20)11-15-4-3-5-19(25)10-15/h3-10,12-14,21-22,26-28H,11H2,1-2H3/t14-,21?,22?/m0/s1. The number of carbonyl (C=O) groups excluding carboxylic acids is 1. The van der Waals surface area contributed by atoms with Crippen LogP contribution in [-0.4, -0.2) is 30.5 Å². The van der Waals surface area contributed by atoms with Crippen LogP contribution in [0.3, 0.4) is 0 Å². The highest BCUT2D eigenvalue weighted by Gasteiger charge is 2.25. The third-order valence-corrected chi connectivity index (χ3v) is 5.23. The number of methoxy groups -OCH3 is 1. The van der Waals surface area contributed by atoms with E-state index in [1.165, 1.54) is 19.2 Å². The van der Waals surface area contributed by atoms with Gasteiger partial charge in [-0.05, 0) is 60.4 Å². The zero-order valence-electron chi connectivity index (χ0n) is 16.7. The lowest BCUT2D eigenvalue weighted by atomic mass is 9.95. The van der Waals surface area contributed by atoms with E-state index in [2.05, 4.69) is 10.6 Å². The molecule has 0 saturated heterocycles. The molecule has 0 saturated carbocycles. The molecular formula is C23H24ClFN2O3. The molecule has 0 spiro atoms. The highest BCUT2D eigenvalue weighted by Crippen LogP contribution is 2.23. The van der Waals surface area contributed by atoms with E-state index in [1.807, 2.05) is 13.0 Å².